The Morgan fingerprint density at radius 2 is 2.25 bits per heavy atom. The lowest BCUT2D eigenvalue weighted by molar-refractivity contribution is -0.124. The van der Waals surface area contributed by atoms with Crippen molar-refractivity contribution in [3.63, 3.8) is 0 Å². The van der Waals surface area contributed by atoms with Gasteiger partial charge in [-0.15, -0.1) is 0 Å². The monoisotopic (exact) mass is 300 g/mol. The van der Waals surface area contributed by atoms with E-state index in [-0.39, 0.29) is 11.9 Å². The number of amides is 1. The van der Waals surface area contributed by atoms with Crippen LogP contribution in [0.4, 0.5) is 8.78 Å². The minimum Gasteiger partial charge on any atom is -0.348 e. The molecule has 1 aromatic rings. The Labute approximate surface area is 120 Å². The SMILES string of the molecule is O=C(NC1CCc2c(Cl)cccc21)C1CC(F)(F)CN1. The first-order chi connectivity index (χ1) is 9.46. The molecule has 108 valence electrons. The highest BCUT2D eigenvalue weighted by atomic mass is 35.5. The fraction of sp³-hybridized carbons (Fsp3) is 0.500. The zero-order valence-electron chi connectivity index (χ0n) is 10.8. The third kappa shape index (κ3) is 2.52. The molecule has 2 atom stereocenters. The van der Waals surface area contributed by atoms with Crippen molar-refractivity contribution in [1.82, 2.24) is 10.6 Å². The second kappa shape index (κ2) is 4.97. The van der Waals surface area contributed by atoms with E-state index in [4.69, 9.17) is 11.6 Å². The lowest BCUT2D eigenvalue weighted by atomic mass is 10.1. The lowest BCUT2D eigenvalue weighted by Crippen LogP contribution is -2.41. The summed E-state index contributed by atoms with van der Waals surface area (Å²) >= 11 is 6.11. The summed E-state index contributed by atoms with van der Waals surface area (Å²) in [5, 5.41) is 6.12. The Morgan fingerprint density at radius 3 is 2.95 bits per heavy atom. The number of hydrogen-bond acceptors (Lipinski definition) is 2. The molecule has 2 unspecified atom stereocenters. The maximum Gasteiger partial charge on any atom is 0.262 e. The summed E-state index contributed by atoms with van der Waals surface area (Å²) < 4.78 is 26.2. The van der Waals surface area contributed by atoms with Crippen molar-refractivity contribution in [2.75, 3.05) is 6.54 Å². The van der Waals surface area contributed by atoms with Crippen molar-refractivity contribution in [2.24, 2.45) is 0 Å². The van der Waals surface area contributed by atoms with Crippen LogP contribution in [0.25, 0.3) is 0 Å². The van der Waals surface area contributed by atoms with E-state index in [9.17, 15) is 13.6 Å². The zero-order chi connectivity index (χ0) is 14.3. The highest BCUT2D eigenvalue weighted by Crippen LogP contribution is 2.35. The van der Waals surface area contributed by atoms with Gasteiger partial charge in [0.05, 0.1) is 18.6 Å². The smallest absolute Gasteiger partial charge is 0.262 e. The van der Waals surface area contributed by atoms with Crippen LogP contribution in [0.2, 0.25) is 5.02 Å². The van der Waals surface area contributed by atoms with Crippen LogP contribution in [0.3, 0.4) is 0 Å². The Balaban J connectivity index is 1.69. The summed E-state index contributed by atoms with van der Waals surface area (Å²) in [5.74, 6) is -3.15. The standard InChI is InChI=1S/C14H15ClF2N2O/c15-10-3-1-2-9-8(10)4-5-11(9)19-13(20)12-6-14(16,17)7-18-12/h1-3,11-12,18H,4-7H2,(H,19,20). The number of carbonyl (C=O) groups excluding carboxylic acids is 1. The predicted octanol–water partition coefficient (Wildman–Crippen LogP) is 2.44. The third-order valence-electron chi connectivity index (χ3n) is 3.96. The molecule has 0 spiro atoms. The summed E-state index contributed by atoms with van der Waals surface area (Å²) in [5.41, 5.74) is 2.04. The third-order valence-corrected chi connectivity index (χ3v) is 4.31. The summed E-state index contributed by atoms with van der Waals surface area (Å²) in [6.07, 6.45) is 1.12. The first-order valence-corrected chi connectivity index (χ1v) is 7.03. The summed E-state index contributed by atoms with van der Waals surface area (Å²) in [6, 6.07) is 4.65. The Morgan fingerprint density at radius 1 is 1.45 bits per heavy atom. The minimum atomic E-state index is -2.79. The molecule has 3 rings (SSSR count). The van der Waals surface area contributed by atoms with Gasteiger partial charge in [0.1, 0.15) is 0 Å². The van der Waals surface area contributed by atoms with Crippen molar-refractivity contribution >= 4 is 17.5 Å². The van der Waals surface area contributed by atoms with Gasteiger partial charge in [-0.3, -0.25) is 10.1 Å². The quantitative estimate of drug-likeness (QED) is 0.881. The van der Waals surface area contributed by atoms with Crippen molar-refractivity contribution in [3.8, 4) is 0 Å². The summed E-state index contributed by atoms with van der Waals surface area (Å²) in [7, 11) is 0. The molecule has 1 amide bonds. The second-order valence-corrected chi connectivity index (χ2v) is 5.81. The van der Waals surface area contributed by atoms with Crippen LogP contribution in [-0.4, -0.2) is 24.4 Å². The zero-order valence-corrected chi connectivity index (χ0v) is 11.5. The number of carbonyl (C=O) groups is 1. The highest BCUT2D eigenvalue weighted by Gasteiger charge is 2.42. The van der Waals surface area contributed by atoms with Gasteiger partial charge in [0, 0.05) is 11.4 Å². The van der Waals surface area contributed by atoms with Crippen LogP contribution >= 0.6 is 11.6 Å². The van der Waals surface area contributed by atoms with Crippen molar-refractivity contribution < 1.29 is 13.6 Å². The molecular weight excluding hydrogens is 286 g/mol. The predicted molar refractivity (Wildman–Crippen MR) is 72.0 cm³/mol. The molecule has 6 heteroatoms. The van der Waals surface area contributed by atoms with E-state index in [1.807, 2.05) is 18.2 Å². The molecule has 1 aliphatic heterocycles. The lowest BCUT2D eigenvalue weighted by Gasteiger charge is -2.17. The van der Waals surface area contributed by atoms with Crippen molar-refractivity contribution in [3.05, 3.63) is 34.3 Å². The molecule has 2 aliphatic rings. The van der Waals surface area contributed by atoms with Crippen LogP contribution < -0.4 is 10.6 Å². The van der Waals surface area contributed by atoms with E-state index < -0.39 is 24.9 Å². The van der Waals surface area contributed by atoms with Crippen LogP contribution in [0.1, 0.15) is 30.0 Å². The molecule has 1 aromatic carbocycles. The van der Waals surface area contributed by atoms with E-state index >= 15 is 0 Å². The van der Waals surface area contributed by atoms with Gasteiger partial charge in [-0.25, -0.2) is 8.78 Å². The normalized spacial score (nSPS) is 27.4. The number of halogens is 3. The molecule has 0 bridgehead atoms. The molecule has 1 saturated heterocycles. The van der Waals surface area contributed by atoms with Crippen molar-refractivity contribution in [1.29, 1.82) is 0 Å². The fourth-order valence-corrected chi connectivity index (χ4v) is 3.21. The Bertz CT molecular complexity index is 550. The van der Waals surface area contributed by atoms with E-state index in [0.29, 0.717) is 5.02 Å². The van der Waals surface area contributed by atoms with Crippen LogP contribution in [0, 0.1) is 0 Å². The van der Waals surface area contributed by atoms with Crippen LogP contribution in [0.5, 0.6) is 0 Å². The molecule has 20 heavy (non-hydrogen) atoms. The van der Waals surface area contributed by atoms with Gasteiger partial charge in [0.25, 0.3) is 5.92 Å². The molecule has 1 fully saturated rings. The van der Waals surface area contributed by atoms with Gasteiger partial charge in [-0.05, 0) is 30.0 Å². The first-order valence-electron chi connectivity index (χ1n) is 6.65. The molecule has 2 N–H and O–H groups in total. The minimum absolute atomic E-state index is 0.132. The van der Waals surface area contributed by atoms with Gasteiger partial charge in [0.15, 0.2) is 0 Å². The summed E-state index contributed by atoms with van der Waals surface area (Å²) in [4.78, 5) is 12.0. The maximum absolute atomic E-state index is 13.1. The molecule has 0 aromatic heterocycles. The number of alkyl halides is 2. The number of nitrogens with one attached hydrogen (secondary N) is 2. The van der Waals surface area contributed by atoms with Crippen LogP contribution in [0.15, 0.2) is 18.2 Å². The first kappa shape index (κ1) is 13.8. The van der Waals surface area contributed by atoms with Gasteiger partial charge < -0.3 is 5.32 Å². The Hall–Kier alpha value is -1.20. The average Bonchev–Trinajstić information content (AvgIpc) is 2.95. The number of fused-ring (bicyclic) bond motifs is 1. The van der Waals surface area contributed by atoms with E-state index in [1.165, 1.54) is 0 Å². The topological polar surface area (TPSA) is 41.1 Å². The number of rotatable bonds is 2. The molecule has 0 radical (unpaired) electrons. The Kier molecular flexibility index (Phi) is 3.42. The van der Waals surface area contributed by atoms with Crippen molar-refractivity contribution in [2.45, 2.75) is 37.3 Å². The molecule has 0 saturated carbocycles. The molecule has 1 heterocycles. The van der Waals surface area contributed by atoms with Gasteiger partial charge in [0.2, 0.25) is 5.91 Å². The molecular formula is C14H15ClF2N2O. The van der Waals surface area contributed by atoms with Gasteiger partial charge in [-0.1, -0.05) is 23.7 Å². The highest BCUT2D eigenvalue weighted by molar-refractivity contribution is 6.31. The van der Waals surface area contributed by atoms with Gasteiger partial charge >= 0.3 is 0 Å². The van der Waals surface area contributed by atoms with E-state index in [2.05, 4.69) is 10.6 Å². The number of benzene rings is 1. The van der Waals surface area contributed by atoms with E-state index in [1.54, 1.807) is 0 Å². The average molecular weight is 301 g/mol. The number of hydrogen-bond donors (Lipinski definition) is 2. The second-order valence-electron chi connectivity index (χ2n) is 5.40. The van der Waals surface area contributed by atoms with Crippen LogP contribution in [-0.2, 0) is 11.2 Å². The maximum atomic E-state index is 13.1. The molecule has 1 aliphatic carbocycles. The summed E-state index contributed by atoms with van der Waals surface area (Å²) in [6.45, 7) is -0.432. The largest absolute Gasteiger partial charge is 0.348 e. The van der Waals surface area contributed by atoms with E-state index in [0.717, 1.165) is 24.0 Å². The fourth-order valence-electron chi connectivity index (χ4n) is 2.93. The van der Waals surface area contributed by atoms with Gasteiger partial charge in [-0.2, -0.15) is 0 Å². The molecule has 3 nitrogen and oxygen atoms in total.